The van der Waals surface area contributed by atoms with E-state index in [0.29, 0.717) is 18.0 Å². The van der Waals surface area contributed by atoms with E-state index in [1.165, 1.54) is 31.6 Å². The number of anilines is 1. The zero-order valence-corrected chi connectivity index (χ0v) is 11.0. The fourth-order valence-electron chi connectivity index (χ4n) is 3.07. The summed E-state index contributed by atoms with van der Waals surface area (Å²) in [5.41, 5.74) is 0.0612. The van der Waals surface area contributed by atoms with E-state index in [0.717, 1.165) is 13.1 Å². The lowest BCUT2D eigenvalue weighted by Gasteiger charge is -2.42. The number of hydrogen-bond donors (Lipinski definition) is 1. The molecule has 0 saturated carbocycles. The van der Waals surface area contributed by atoms with Crippen LogP contribution in [0.3, 0.4) is 0 Å². The van der Waals surface area contributed by atoms with Crippen molar-refractivity contribution in [1.82, 2.24) is 14.9 Å². The van der Waals surface area contributed by atoms with Crippen molar-refractivity contribution in [3.8, 4) is 0 Å². The lowest BCUT2D eigenvalue weighted by Crippen LogP contribution is -2.55. The highest BCUT2D eigenvalue weighted by Gasteiger charge is 2.35. The predicted octanol–water partition coefficient (Wildman–Crippen LogP) is 0.848. The van der Waals surface area contributed by atoms with Gasteiger partial charge in [-0.1, -0.05) is 0 Å². The van der Waals surface area contributed by atoms with Gasteiger partial charge in [-0.25, -0.2) is 14.8 Å². The second kappa shape index (κ2) is 4.77. The number of hydrogen-bond acceptors (Lipinski definition) is 5. The van der Waals surface area contributed by atoms with Crippen LogP contribution < -0.4 is 4.90 Å². The molecule has 0 bridgehead atoms. The van der Waals surface area contributed by atoms with Crippen LogP contribution in [0.25, 0.3) is 0 Å². The van der Waals surface area contributed by atoms with E-state index >= 15 is 0 Å². The molecule has 0 radical (unpaired) electrons. The molecule has 0 spiro atoms. The summed E-state index contributed by atoms with van der Waals surface area (Å²) in [7, 11) is 0. The summed E-state index contributed by atoms with van der Waals surface area (Å²) >= 11 is 0. The maximum atomic E-state index is 11.0. The standard InChI is InChI=1S/C13H18N4O2/c1-9-7-16-6-2-3-10(16)8-17(9)13-14-5-4-11(15-13)12(18)19/h4-5,9-10H,2-3,6-8H2,1H3,(H,18,19). The number of rotatable bonds is 2. The molecule has 3 heterocycles. The number of carbonyl (C=O) groups is 1. The second-order valence-electron chi connectivity index (χ2n) is 5.34. The Bertz CT molecular complexity index is 493. The zero-order chi connectivity index (χ0) is 13.4. The molecule has 2 saturated heterocycles. The largest absolute Gasteiger partial charge is 0.477 e. The average molecular weight is 262 g/mol. The summed E-state index contributed by atoms with van der Waals surface area (Å²) in [5, 5.41) is 9.01. The molecule has 2 fully saturated rings. The Morgan fingerprint density at radius 2 is 2.32 bits per heavy atom. The van der Waals surface area contributed by atoms with E-state index < -0.39 is 5.97 Å². The topological polar surface area (TPSA) is 69.6 Å². The van der Waals surface area contributed by atoms with Crippen LogP contribution in [-0.4, -0.2) is 57.7 Å². The van der Waals surface area contributed by atoms with Crippen molar-refractivity contribution in [1.29, 1.82) is 0 Å². The van der Waals surface area contributed by atoms with Crippen LogP contribution in [0, 0.1) is 0 Å². The van der Waals surface area contributed by atoms with Gasteiger partial charge in [0.25, 0.3) is 0 Å². The number of aromatic carboxylic acids is 1. The van der Waals surface area contributed by atoms with Crippen molar-refractivity contribution in [2.75, 3.05) is 24.5 Å². The van der Waals surface area contributed by atoms with E-state index in [9.17, 15) is 4.79 Å². The van der Waals surface area contributed by atoms with Crippen molar-refractivity contribution in [3.63, 3.8) is 0 Å². The number of piperazine rings is 1. The Hall–Kier alpha value is -1.69. The van der Waals surface area contributed by atoms with E-state index in [1.54, 1.807) is 0 Å². The minimum Gasteiger partial charge on any atom is -0.477 e. The third kappa shape index (κ3) is 2.28. The fraction of sp³-hybridized carbons (Fsp3) is 0.615. The van der Waals surface area contributed by atoms with Gasteiger partial charge in [0.1, 0.15) is 0 Å². The second-order valence-corrected chi connectivity index (χ2v) is 5.34. The molecule has 0 aromatic carbocycles. The molecular weight excluding hydrogens is 244 g/mol. The molecule has 2 aliphatic rings. The van der Waals surface area contributed by atoms with Crippen LogP contribution in [0.5, 0.6) is 0 Å². The van der Waals surface area contributed by atoms with Gasteiger partial charge in [0.15, 0.2) is 5.69 Å². The van der Waals surface area contributed by atoms with Gasteiger partial charge in [-0.2, -0.15) is 0 Å². The molecule has 19 heavy (non-hydrogen) atoms. The Morgan fingerprint density at radius 1 is 1.47 bits per heavy atom. The van der Waals surface area contributed by atoms with Gasteiger partial charge in [-0.05, 0) is 32.4 Å². The first-order valence-corrected chi connectivity index (χ1v) is 6.72. The zero-order valence-electron chi connectivity index (χ0n) is 11.0. The van der Waals surface area contributed by atoms with Crippen LogP contribution >= 0.6 is 0 Å². The summed E-state index contributed by atoms with van der Waals surface area (Å²) < 4.78 is 0. The van der Waals surface area contributed by atoms with Crippen molar-refractivity contribution in [2.45, 2.75) is 31.8 Å². The molecule has 6 heteroatoms. The van der Waals surface area contributed by atoms with Gasteiger partial charge < -0.3 is 10.0 Å². The van der Waals surface area contributed by atoms with E-state index in [-0.39, 0.29) is 5.69 Å². The Morgan fingerprint density at radius 3 is 3.11 bits per heavy atom. The molecular formula is C13H18N4O2. The number of fused-ring (bicyclic) bond motifs is 1. The minimum atomic E-state index is -1.00. The molecule has 1 aromatic rings. The van der Waals surface area contributed by atoms with Gasteiger partial charge >= 0.3 is 5.97 Å². The highest BCUT2D eigenvalue weighted by atomic mass is 16.4. The Labute approximate surface area is 112 Å². The number of aromatic nitrogens is 2. The monoisotopic (exact) mass is 262 g/mol. The van der Waals surface area contributed by atoms with Gasteiger partial charge in [-0.15, -0.1) is 0 Å². The molecule has 0 amide bonds. The summed E-state index contributed by atoms with van der Waals surface area (Å²) in [5.74, 6) is -0.463. The van der Waals surface area contributed by atoms with Crippen molar-refractivity contribution in [2.24, 2.45) is 0 Å². The van der Waals surface area contributed by atoms with Crippen LogP contribution in [0.2, 0.25) is 0 Å². The van der Waals surface area contributed by atoms with E-state index in [4.69, 9.17) is 5.11 Å². The molecule has 6 nitrogen and oxygen atoms in total. The molecule has 1 aromatic heterocycles. The summed E-state index contributed by atoms with van der Waals surface area (Å²) in [6.07, 6.45) is 3.99. The number of carboxylic acids is 1. The normalized spacial score (nSPS) is 27.3. The van der Waals surface area contributed by atoms with Crippen molar-refractivity contribution < 1.29 is 9.90 Å². The third-order valence-corrected chi connectivity index (χ3v) is 4.06. The number of carboxylic acid groups (broad SMARTS) is 1. The maximum Gasteiger partial charge on any atom is 0.354 e. The summed E-state index contributed by atoms with van der Waals surface area (Å²) in [4.78, 5) is 24.0. The maximum absolute atomic E-state index is 11.0. The minimum absolute atomic E-state index is 0.0612. The molecule has 3 rings (SSSR count). The SMILES string of the molecule is CC1CN2CCCC2CN1c1nccc(C(=O)O)n1. The van der Waals surface area contributed by atoms with Crippen molar-refractivity contribution >= 4 is 11.9 Å². The van der Waals surface area contributed by atoms with Gasteiger partial charge in [0.2, 0.25) is 5.95 Å². The fourth-order valence-corrected chi connectivity index (χ4v) is 3.07. The molecule has 0 aliphatic carbocycles. The Balaban J connectivity index is 1.84. The van der Waals surface area contributed by atoms with Crippen molar-refractivity contribution in [3.05, 3.63) is 18.0 Å². The van der Waals surface area contributed by atoms with Gasteiger partial charge in [0, 0.05) is 31.4 Å². The van der Waals surface area contributed by atoms with E-state index in [2.05, 4.69) is 26.7 Å². The van der Waals surface area contributed by atoms with E-state index in [1.807, 2.05) is 0 Å². The average Bonchev–Trinajstić information content (AvgIpc) is 2.85. The molecule has 2 aliphatic heterocycles. The molecule has 102 valence electrons. The quantitative estimate of drug-likeness (QED) is 0.852. The van der Waals surface area contributed by atoms with Crippen LogP contribution in [0.4, 0.5) is 5.95 Å². The highest BCUT2D eigenvalue weighted by molar-refractivity contribution is 5.85. The molecule has 2 unspecified atom stereocenters. The predicted molar refractivity (Wildman–Crippen MR) is 70.4 cm³/mol. The first-order chi connectivity index (χ1) is 9.15. The van der Waals surface area contributed by atoms with Crippen LogP contribution in [0.15, 0.2) is 12.3 Å². The first kappa shape index (κ1) is 12.3. The molecule has 2 atom stereocenters. The van der Waals surface area contributed by atoms with Crippen LogP contribution in [-0.2, 0) is 0 Å². The Kier molecular flexibility index (Phi) is 3.10. The summed E-state index contributed by atoms with van der Waals surface area (Å²) in [6, 6.07) is 2.31. The summed E-state index contributed by atoms with van der Waals surface area (Å²) in [6.45, 7) is 5.22. The third-order valence-electron chi connectivity index (χ3n) is 4.06. The number of nitrogens with zero attached hydrogens (tertiary/aromatic N) is 4. The van der Waals surface area contributed by atoms with Gasteiger partial charge in [-0.3, -0.25) is 4.90 Å². The highest BCUT2D eigenvalue weighted by Crippen LogP contribution is 2.26. The molecule has 1 N–H and O–H groups in total. The smallest absolute Gasteiger partial charge is 0.354 e. The lowest BCUT2D eigenvalue weighted by molar-refractivity contribution is 0.0690. The first-order valence-electron chi connectivity index (χ1n) is 6.72. The van der Waals surface area contributed by atoms with Crippen LogP contribution in [0.1, 0.15) is 30.3 Å². The lowest BCUT2D eigenvalue weighted by atomic mass is 10.1. The van der Waals surface area contributed by atoms with Gasteiger partial charge in [0.05, 0.1) is 0 Å².